The zero-order chi connectivity index (χ0) is 26.5. The van der Waals surface area contributed by atoms with Crippen molar-refractivity contribution in [2.75, 3.05) is 30.3 Å². The number of anilines is 2. The van der Waals surface area contributed by atoms with Crippen LogP contribution in [0.1, 0.15) is 54.9 Å². The lowest BCUT2D eigenvalue weighted by Crippen LogP contribution is -2.48. The molecule has 1 saturated carbocycles. The number of hydrogen-bond donors (Lipinski definition) is 5. The summed E-state index contributed by atoms with van der Waals surface area (Å²) in [7, 11) is 0. The van der Waals surface area contributed by atoms with Gasteiger partial charge < -0.3 is 26.6 Å². The number of amides is 3. The maximum absolute atomic E-state index is 13.1. The van der Waals surface area contributed by atoms with Gasteiger partial charge in [0, 0.05) is 43.8 Å². The average Bonchev–Trinajstić information content (AvgIpc) is 2.91. The normalized spacial score (nSPS) is 16.8. The Bertz CT molecular complexity index is 1060. The van der Waals surface area contributed by atoms with Crippen LogP contribution in [0.25, 0.3) is 0 Å². The molecule has 0 bridgehead atoms. The Morgan fingerprint density at radius 2 is 1.84 bits per heavy atom. The van der Waals surface area contributed by atoms with Crippen molar-refractivity contribution in [1.29, 1.82) is 0 Å². The number of carbonyl (C=O) groups is 3. The van der Waals surface area contributed by atoms with Crippen molar-refractivity contribution in [1.82, 2.24) is 30.9 Å². The Kier molecular flexibility index (Phi) is 10.8. The molecule has 1 fully saturated rings. The molecule has 2 aromatic heterocycles. The average molecular weight is 509 g/mol. The van der Waals surface area contributed by atoms with Gasteiger partial charge >= 0.3 is 0 Å². The maximum Gasteiger partial charge on any atom is 0.256 e. The van der Waals surface area contributed by atoms with Crippen LogP contribution in [0.5, 0.6) is 0 Å². The van der Waals surface area contributed by atoms with E-state index in [0.29, 0.717) is 36.8 Å². The van der Waals surface area contributed by atoms with Crippen LogP contribution >= 0.6 is 0 Å². The van der Waals surface area contributed by atoms with Gasteiger partial charge in [-0.1, -0.05) is 13.5 Å². The number of rotatable bonds is 13. The molecule has 0 aliphatic heterocycles. The minimum Gasteiger partial charge on any atom is -0.369 e. The molecule has 0 saturated heterocycles. The number of pyridine rings is 1. The lowest BCUT2D eigenvalue weighted by molar-refractivity contribution is -0.124. The fourth-order valence-electron chi connectivity index (χ4n) is 4.11. The van der Waals surface area contributed by atoms with Crippen molar-refractivity contribution in [2.45, 2.75) is 57.5 Å². The van der Waals surface area contributed by atoms with E-state index in [1.54, 1.807) is 18.6 Å². The molecule has 11 heteroatoms. The highest BCUT2D eigenvalue weighted by Gasteiger charge is 2.26. The monoisotopic (exact) mass is 508 g/mol. The van der Waals surface area contributed by atoms with E-state index in [1.165, 1.54) is 0 Å². The highest BCUT2D eigenvalue weighted by molar-refractivity contribution is 5.98. The van der Waals surface area contributed by atoms with Gasteiger partial charge in [-0.15, -0.1) is 0 Å². The Morgan fingerprint density at radius 1 is 1.08 bits per heavy atom. The van der Waals surface area contributed by atoms with Crippen molar-refractivity contribution in [2.24, 2.45) is 0 Å². The summed E-state index contributed by atoms with van der Waals surface area (Å²) in [5.74, 6) is 0.0250. The van der Waals surface area contributed by atoms with E-state index in [4.69, 9.17) is 0 Å². The summed E-state index contributed by atoms with van der Waals surface area (Å²) in [5, 5.41) is 14.9. The fraction of sp³-hybridized carbons (Fsp3) is 0.462. The van der Waals surface area contributed by atoms with Crippen molar-refractivity contribution < 1.29 is 14.4 Å². The van der Waals surface area contributed by atoms with E-state index in [-0.39, 0.29) is 30.4 Å². The van der Waals surface area contributed by atoms with Crippen LogP contribution in [0.15, 0.2) is 43.4 Å². The van der Waals surface area contributed by atoms with Gasteiger partial charge in [-0.25, -0.2) is 4.98 Å². The smallest absolute Gasteiger partial charge is 0.256 e. The number of nitrogens with one attached hydrogen (secondary N) is 5. The van der Waals surface area contributed by atoms with Gasteiger partial charge in [0.15, 0.2) is 0 Å². The van der Waals surface area contributed by atoms with Crippen LogP contribution < -0.4 is 26.6 Å². The summed E-state index contributed by atoms with van der Waals surface area (Å²) < 4.78 is 0. The van der Waals surface area contributed by atoms with E-state index in [2.05, 4.69) is 48.1 Å². The lowest BCUT2D eigenvalue weighted by Gasteiger charge is -2.30. The molecule has 0 aromatic carbocycles. The Labute approximate surface area is 217 Å². The van der Waals surface area contributed by atoms with Crippen LogP contribution in [0.4, 0.5) is 11.8 Å². The molecule has 0 spiro atoms. The maximum atomic E-state index is 13.1. The van der Waals surface area contributed by atoms with Gasteiger partial charge in [0.05, 0.1) is 6.54 Å². The highest BCUT2D eigenvalue weighted by Crippen LogP contribution is 2.20. The molecule has 1 aliphatic carbocycles. The third-order valence-electron chi connectivity index (χ3n) is 6.01. The summed E-state index contributed by atoms with van der Waals surface area (Å²) in [6, 6.07) is 3.76. The summed E-state index contributed by atoms with van der Waals surface area (Å²) in [6.07, 6.45) is 11.0. The van der Waals surface area contributed by atoms with Crippen LogP contribution in [0, 0.1) is 0 Å². The van der Waals surface area contributed by atoms with Gasteiger partial charge in [0.25, 0.3) is 5.91 Å². The predicted octanol–water partition coefficient (Wildman–Crippen LogP) is 1.81. The molecule has 3 rings (SSSR count). The second kappa shape index (κ2) is 14.5. The van der Waals surface area contributed by atoms with Gasteiger partial charge in [0.1, 0.15) is 11.4 Å². The largest absolute Gasteiger partial charge is 0.369 e. The molecule has 2 atom stereocenters. The van der Waals surface area contributed by atoms with Crippen LogP contribution in [-0.2, 0) is 16.0 Å². The van der Waals surface area contributed by atoms with E-state index in [1.807, 2.05) is 19.1 Å². The first-order valence-corrected chi connectivity index (χ1v) is 12.7. The summed E-state index contributed by atoms with van der Waals surface area (Å²) in [4.78, 5) is 49.5. The quantitative estimate of drug-likeness (QED) is 0.257. The van der Waals surface area contributed by atoms with E-state index in [9.17, 15) is 14.4 Å². The van der Waals surface area contributed by atoms with Gasteiger partial charge in [-0.2, -0.15) is 4.98 Å². The third kappa shape index (κ3) is 9.17. The molecule has 0 radical (unpaired) electrons. The third-order valence-corrected chi connectivity index (χ3v) is 6.01. The molecule has 198 valence electrons. The topological polar surface area (TPSA) is 150 Å². The fourth-order valence-corrected chi connectivity index (χ4v) is 4.11. The van der Waals surface area contributed by atoms with Crippen molar-refractivity contribution in [3.8, 4) is 0 Å². The van der Waals surface area contributed by atoms with Gasteiger partial charge in [0.2, 0.25) is 17.8 Å². The number of carbonyl (C=O) groups excluding carboxylic acids is 3. The number of nitrogens with zero attached hydrogens (tertiary/aromatic N) is 3. The molecule has 1 aliphatic rings. The minimum atomic E-state index is -0.395. The summed E-state index contributed by atoms with van der Waals surface area (Å²) in [6.45, 7) is 6.62. The van der Waals surface area contributed by atoms with E-state index < -0.39 is 5.91 Å². The Morgan fingerprint density at radius 3 is 2.57 bits per heavy atom. The van der Waals surface area contributed by atoms with Crippen molar-refractivity contribution >= 4 is 29.5 Å². The highest BCUT2D eigenvalue weighted by atomic mass is 16.2. The first kappa shape index (κ1) is 27.6. The zero-order valence-corrected chi connectivity index (χ0v) is 21.3. The molecular weight excluding hydrogens is 472 g/mol. The second-order valence-electron chi connectivity index (χ2n) is 8.94. The lowest BCUT2D eigenvalue weighted by atomic mass is 9.90. The molecule has 11 nitrogen and oxygen atoms in total. The predicted molar refractivity (Wildman–Crippen MR) is 142 cm³/mol. The molecule has 2 aromatic rings. The summed E-state index contributed by atoms with van der Waals surface area (Å²) >= 11 is 0. The van der Waals surface area contributed by atoms with Crippen LogP contribution in [0.3, 0.4) is 0 Å². The van der Waals surface area contributed by atoms with E-state index in [0.717, 1.165) is 43.7 Å². The number of aromatic nitrogens is 3. The van der Waals surface area contributed by atoms with Crippen molar-refractivity contribution in [3.63, 3.8) is 0 Å². The molecule has 5 N–H and O–H groups in total. The van der Waals surface area contributed by atoms with Gasteiger partial charge in [-0.3, -0.25) is 19.4 Å². The second-order valence-corrected chi connectivity index (χ2v) is 8.94. The van der Waals surface area contributed by atoms with Gasteiger partial charge in [-0.05, 0) is 62.3 Å². The molecular formula is C26H36N8O3. The number of hydrogen-bond acceptors (Lipinski definition) is 8. The zero-order valence-electron chi connectivity index (χ0n) is 21.3. The minimum absolute atomic E-state index is 0.0758. The van der Waals surface area contributed by atoms with Crippen LogP contribution in [-0.4, -0.2) is 64.4 Å². The SMILES string of the molecule is C=CC(=O)NCC(=O)NC1CCCC(NC(=O)c2cnc(NCCc3ccncc3)nc2NCCC)C1. The molecule has 37 heavy (non-hydrogen) atoms. The first-order chi connectivity index (χ1) is 18.0. The molecule has 2 unspecified atom stereocenters. The van der Waals surface area contributed by atoms with Crippen LogP contribution in [0.2, 0.25) is 0 Å². The first-order valence-electron chi connectivity index (χ1n) is 12.7. The molecule has 3 amide bonds. The Hall–Kier alpha value is -4.02. The van der Waals surface area contributed by atoms with E-state index >= 15 is 0 Å². The molecule has 2 heterocycles. The Balaban J connectivity index is 1.56. The summed E-state index contributed by atoms with van der Waals surface area (Å²) in [5.41, 5.74) is 1.54. The standard InChI is InChI=1S/C26H36N8O3/c1-3-11-28-24-21(16-31-26(34-24)29-14-10-18-8-12-27-13-9-18)25(37)33-20-7-5-6-19(15-20)32-23(36)17-30-22(35)4-2/h4,8-9,12-13,16,19-20H,2-3,5-7,10-11,14-15,17H2,1H3,(H,30,35)(H,32,36)(H,33,37)(H2,28,29,31,34). The van der Waals surface area contributed by atoms with Crippen molar-refractivity contribution in [3.05, 3.63) is 54.5 Å².